The van der Waals surface area contributed by atoms with Crippen molar-refractivity contribution in [3.8, 4) is 0 Å². The van der Waals surface area contributed by atoms with Crippen molar-refractivity contribution in [2.24, 2.45) is 0 Å². The van der Waals surface area contributed by atoms with E-state index in [0.717, 1.165) is 35.4 Å². The molecule has 1 heterocycles. The molecule has 4 nitrogen and oxygen atoms in total. The van der Waals surface area contributed by atoms with Gasteiger partial charge in [-0.25, -0.2) is 0 Å². The van der Waals surface area contributed by atoms with Crippen LogP contribution in [0.15, 0.2) is 28.9 Å². The summed E-state index contributed by atoms with van der Waals surface area (Å²) in [6.07, 6.45) is 2.88. The standard InChI is InChI=1S/C14H15BrCl2N4S/c1-9-13(15)8-21(20-9)4-2-3-18-14(22)19-12-6-10(16)5-11(17)7-12/h5-8H,2-4H2,1H3,(H2,18,19,22). The first-order valence-corrected chi connectivity index (χ1v) is 8.60. The van der Waals surface area contributed by atoms with Crippen molar-refractivity contribution in [3.05, 3.63) is 44.6 Å². The summed E-state index contributed by atoms with van der Waals surface area (Å²) < 4.78 is 2.93. The van der Waals surface area contributed by atoms with Gasteiger partial charge in [0.25, 0.3) is 0 Å². The first-order chi connectivity index (χ1) is 10.4. The molecule has 0 bridgehead atoms. The van der Waals surface area contributed by atoms with Gasteiger partial charge in [0.2, 0.25) is 0 Å². The fourth-order valence-electron chi connectivity index (χ4n) is 1.85. The summed E-state index contributed by atoms with van der Waals surface area (Å²) in [5.41, 5.74) is 1.75. The van der Waals surface area contributed by atoms with Crippen LogP contribution in [0.1, 0.15) is 12.1 Å². The molecular formula is C14H15BrCl2N4S. The van der Waals surface area contributed by atoms with Gasteiger partial charge >= 0.3 is 0 Å². The highest BCUT2D eigenvalue weighted by molar-refractivity contribution is 9.10. The molecule has 0 aliphatic carbocycles. The highest BCUT2D eigenvalue weighted by Crippen LogP contribution is 2.22. The molecule has 118 valence electrons. The molecule has 0 unspecified atom stereocenters. The topological polar surface area (TPSA) is 41.9 Å². The SMILES string of the molecule is Cc1nn(CCCNC(=S)Nc2cc(Cl)cc(Cl)c2)cc1Br. The fraction of sp³-hybridized carbons (Fsp3) is 0.286. The molecule has 0 saturated heterocycles. The summed E-state index contributed by atoms with van der Waals surface area (Å²) in [7, 11) is 0. The van der Waals surface area contributed by atoms with Crippen molar-refractivity contribution in [1.82, 2.24) is 15.1 Å². The van der Waals surface area contributed by atoms with Gasteiger partial charge in [-0.2, -0.15) is 5.10 Å². The minimum atomic E-state index is 0.538. The number of thiocarbonyl (C=S) groups is 1. The predicted octanol–water partition coefficient (Wildman–Crippen LogP) is 4.64. The first kappa shape index (κ1) is 17.5. The number of aryl methyl sites for hydroxylation is 2. The van der Waals surface area contributed by atoms with Gasteiger partial charge in [-0.1, -0.05) is 23.2 Å². The number of hydrogen-bond donors (Lipinski definition) is 2. The summed E-state index contributed by atoms with van der Waals surface area (Å²) in [6, 6.07) is 5.21. The normalized spacial score (nSPS) is 10.5. The molecule has 0 amide bonds. The third-order valence-corrected chi connectivity index (χ3v) is 4.32. The highest BCUT2D eigenvalue weighted by Gasteiger charge is 2.02. The van der Waals surface area contributed by atoms with Crippen LogP contribution in [-0.2, 0) is 6.54 Å². The van der Waals surface area contributed by atoms with Crippen molar-refractivity contribution in [1.29, 1.82) is 0 Å². The molecule has 0 spiro atoms. The molecule has 0 aliphatic rings. The Bertz CT molecular complexity index is 635. The number of halogens is 3. The second kappa shape index (κ2) is 8.15. The summed E-state index contributed by atoms with van der Waals surface area (Å²) in [4.78, 5) is 0. The number of nitrogens with one attached hydrogen (secondary N) is 2. The maximum Gasteiger partial charge on any atom is 0.170 e. The molecule has 1 aromatic carbocycles. The van der Waals surface area contributed by atoms with Crippen molar-refractivity contribution >= 4 is 62.1 Å². The van der Waals surface area contributed by atoms with E-state index >= 15 is 0 Å². The number of benzene rings is 1. The molecule has 8 heteroatoms. The lowest BCUT2D eigenvalue weighted by atomic mass is 10.3. The second-order valence-electron chi connectivity index (χ2n) is 4.72. The molecule has 0 fully saturated rings. The van der Waals surface area contributed by atoms with E-state index in [-0.39, 0.29) is 0 Å². The van der Waals surface area contributed by atoms with Crippen LogP contribution in [0.25, 0.3) is 0 Å². The van der Waals surface area contributed by atoms with Crippen LogP contribution in [0.4, 0.5) is 5.69 Å². The van der Waals surface area contributed by atoms with Crippen molar-refractivity contribution in [3.63, 3.8) is 0 Å². The molecule has 2 aromatic rings. The van der Waals surface area contributed by atoms with E-state index in [2.05, 4.69) is 31.7 Å². The van der Waals surface area contributed by atoms with Gasteiger partial charge in [-0.15, -0.1) is 0 Å². The van der Waals surface area contributed by atoms with Gasteiger partial charge in [0, 0.05) is 35.0 Å². The third kappa shape index (κ3) is 5.43. The van der Waals surface area contributed by atoms with Crippen molar-refractivity contribution in [2.75, 3.05) is 11.9 Å². The quantitative estimate of drug-likeness (QED) is 0.545. The second-order valence-corrected chi connectivity index (χ2v) is 6.85. The summed E-state index contributed by atoms with van der Waals surface area (Å²) in [5, 5.41) is 12.3. The van der Waals surface area contributed by atoms with Crippen molar-refractivity contribution < 1.29 is 0 Å². The lowest BCUT2D eigenvalue weighted by molar-refractivity contribution is 0.570. The Balaban J connectivity index is 1.73. The Hall–Kier alpha value is -0.820. The molecule has 22 heavy (non-hydrogen) atoms. The largest absolute Gasteiger partial charge is 0.362 e. The van der Waals surface area contributed by atoms with Gasteiger partial charge in [-0.05, 0) is 59.7 Å². The lowest BCUT2D eigenvalue weighted by Gasteiger charge is -2.11. The fourth-order valence-corrected chi connectivity index (χ4v) is 2.91. The zero-order valence-corrected chi connectivity index (χ0v) is 15.8. The lowest BCUT2D eigenvalue weighted by Crippen LogP contribution is -2.29. The maximum atomic E-state index is 5.94. The Morgan fingerprint density at radius 2 is 2.00 bits per heavy atom. The molecule has 2 rings (SSSR count). The molecular weight excluding hydrogens is 407 g/mol. The Kier molecular flexibility index (Phi) is 6.50. The molecule has 0 radical (unpaired) electrons. The van der Waals surface area contributed by atoms with Gasteiger partial charge in [0.05, 0.1) is 10.2 Å². The summed E-state index contributed by atoms with van der Waals surface area (Å²) >= 11 is 20.6. The van der Waals surface area contributed by atoms with Crippen LogP contribution >= 0.6 is 51.3 Å². The van der Waals surface area contributed by atoms with E-state index < -0.39 is 0 Å². The predicted molar refractivity (Wildman–Crippen MR) is 100.0 cm³/mol. The van der Waals surface area contributed by atoms with Crippen LogP contribution in [0, 0.1) is 6.92 Å². The number of aromatic nitrogens is 2. The summed E-state index contributed by atoms with van der Waals surface area (Å²) in [6.45, 7) is 3.54. The maximum absolute atomic E-state index is 5.94. The molecule has 0 saturated carbocycles. The highest BCUT2D eigenvalue weighted by atomic mass is 79.9. The Labute approximate surface area is 153 Å². The van der Waals surface area contributed by atoms with E-state index in [1.165, 1.54) is 0 Å². The van der Waals surface area contributed by atoms with Crippen LogP contribution < -0.4 is 10.6 Å². The Morgan fingerprint density at radius 3 is 2.59 bits per heavy atom. The third-order valence-electron chi connectivity index (χ3n) is 2.86. The monoisotopic (exact) mass is 420 g/mol. The van der Waals surface area contributed by atoms with Gasteiger partial charge in [0.15, 0.2) is 5.11 Å². The number of rotatable bonds is 5. The number of anilines is 1. The van der Waals surface area contributed by atoms with E-state index in [9.17, 15) is 0 Å². The first-order valence-electron chi connectivity index (χ1n) is 6.64. The van der Waals surface area contributed by atoms with Crippen LogP contribution in [0.3, 0.4) is 0 Å². The van der Waals surface area contributed by atoms with Crippen LogP contribution in [0.5, 0.6) is 0 Å². The minimum absolute atomic E-state index is 0.538. The van der Waals surface area contributed by atoms with Crippen LogP contribution in [0.2, 0.25) is 10.0 Å². The van der Waals surface area contributed by atoms with Crippen LogP contribution in [-0.4, -0.2) is 21.4 Å². The molecule has 1 aromatic heterocycles. The van der Waals surface area contributed by atoms with E-state index in [1.807, 2.05) is 17.8 Å². The molecule has 2 N–H and O–H groups in total. The molecule has 0 aliphatic heterocycles. The number of nitrogens with zero attached hydrogens (tertiary/aromatic N) is 2. The smallest absolute Gasteiger partial charge is 0.170 e. The Morgan fingerprint density at radius 1 is 1.32 bits per heavy atom. The van der Waals surface area contributed by atoms with Gasteiger partial charge in [-0.3, -0.25) is 4.68 Å². The van der Waals surface area contributed by atoms with Crippen molar-refractivity contribution in [2.45, 2.75) is 19.9 Å². The summed E-state index contributed by atoms with van der Waals surface area (Å²) in [5.74, 6) is 0. The van der Waals surface area contributed by atoms with E-state index in [0.29, 0.717) is 15.2 Å². The molecule has 0 atom stereocenters. The van der Waals surface area contributed by atoms with Gasteiger partial charge in [0.1, 0.15) is 0 Å². The average molecular weight is 422 g/mol. The van der Waals surface area contributed by atoms with E-state index in [4.69, 9.17) is 35.4 Å². The number of hydrogen-bond acceptors (Lipinski definition) is 2. The average Bonchev–Trinajstić information content (AvgIpc) is 2.72. The zero-order valence-electron chi connectivity index (χ0n) is 11.9. The zero-order chi connectivity index (χ0) is 16.1. The van der Waals surface area contributed by atoms with E-state index in [1.54, 1.807) is 18.2 Å². The minimum Gasteiger partial charge on any atom is -0.362 e. The van der Waals surface area contributed by atoms with Gasteiger partial charge < -0.3 is 10.6 Å².